The Morgan fingerprint density at radius 2 is 1.86 bits per heavy atom. The third-order valence-electron chi connectivity index (χ3n) is 2.79. The van der Waals surface area contributed by atoms with Crippen molar-refractivity contribution < 1.29 is 13.3 Å². The van der Waals surface area contributed by atoms with Crippen LogP contribution in [-0.4, -0.2) is 10.1 Å². The van der Waals surface area contributed by atoms with Crippen molar-refractivity contribution in [3.8, 4) is 22.8 Å². The summed E-state index contributed by atoms with van der Waals surface area (Å²) in [5.74, 6) is -0.533. The van der Waals surface area contributed by atoms with Gasteiger partial charge in [-0.2, -0.15) is 4.98 Å². The van der Waals surface area contributed by atoms with Gasteiger partial charge in [-0.15, -0.1) is 0 Å². The second-order valence-corrected chi connectivity index (χ2v) is 5.23. The highest BCUT2D eigenvalue weighted by atomic mass is 79.9. The number of hydrogen-bond donors (Lipinski definition) is 1. The van der Waals surface area contributed by atoms with Crippen molar-refractivity contribution in [2.75, 3.05) is 5.73 Å². The molecule has 0 unspecified atom stereocenters. The van der Waals surface area contributed by atoms with Crippen LogP contribution in [-0.2, 0) is 0 Å². The minimum Gasteiger partial charge on any atom is -0.396 e. The normalized spacial score (nSPS) is 10.8. The van der Waals surface area contributed by atoms with Crippen molar-refractivity contribution in [1.29, 1.82) is 0 Å². The van der Waals surface area contributed by atoms with Crippen LogP contribution in [0.15, 0.2) is 45.4 Å². The zero-order valence-corrected chi connectivity index (χ0v) is 12.1. The molecule has 0 saturated heterocycles. The van der Waals surface area contributed by atoms with E-state index in [1.165, 1.54) is 30.3 Å². The van der Waals surface area contributed by atoms with E-state index in [0.717, 1.165) is 0 Å². The van der Waals surface area contributed by atoms with E-state index in [2.05, 4.69) is 26.1 Å². The molecule has 7 heteroatoms. The van der Waals surface area contributed by atoms with E-state index >= 15 is 0 Å². The van der Waals surface area contributed by atoms with Crippen molar-refractivity contribution >= 4 is 21.6 Å². The summed E-state index contributed by atoms with van der Waals surface area (Å²) in [6.07, 6.45) is 0. The number of hydrogen-bond acceptors (Lipinski definition) is 4. The summed E-state index contributed by atoms with van der Waals surface area (Å²) >= 11 is 3.20. The maximum Gasteiger partial charge on any atom is 0.258 e. The predicted octanol–water partition coefficient (Wildman–Crippen LogP) is 4.03. The summed E-state index contributed by atoms with van der Waals surface area (Å²) in [5.41, 5.74) is 6.44. The van der Waals surface area contributed by atoms with Crippen molar-refractivity contribution in [2.24, 2.45) is 0 Å². The molecule has 4 nitrogen and oxygen atoms in total. The summed E-state index contributed by atoms with van der Waals surface area (Å²) < 4.78 is 32.2. The van der Waals surface area contributed by atoms with Gasteiger partial charge >= 0.3 is 0 Å². The number of nitrogens with two attached hydrogens (primary N) is 1. The van der Waals surface area contributed by atoms with Crippen molar-refractivity contribution in [3.63, 3.8) is 0 Å². The van der Waals surface area contributed by atoms with Crippen LogP contribution in [0.5, 0.6) is 0 Å². The molecule has 0 bridgehead atoms. The number of halogens is 3. The van der Waals surface area contributed by atoms with Crippen LogP contribution in [0.4, 0.5) is 14.5 Å². The third kappa shape index (κ3) is 2.78. The van der Waals surface area contributed by atoms with E-state index in [1.54, 1.807) is 6.07 Å². The second-order valence-electron chi connectivity index (χ2n) is 4.32. The molecule has 0 radical (unpaired) electrons. The number of benzene rings is 2. The van der Waals surface area contributed by atoms with E-state index in [4.69, 9.17) is 10.3 Å². The Balaban J connectivity index is 2.01. The molecule has 2 aromatic carbocycles. The summed E-state index contributed by atoms with van der Waals surface area (Å²) in [5, 5.41) is 3.79. The Morgan fingerprint density at radius 3 is 2.57 bits per heavy atom. The standard InChI is InChI=1S/C14H8BrF2N3O/c15-9-3-8(4-10(16)6-9)13-19-14(21-20-13)7-1-2-11(17)12(18)5-7/h1-6H,18H2. The Morgan fingerprint density at radius 1 is 1.05 bits per heavy atom. The Hall–Kier alpha value is -2.28. The van der Waals surface area contributed by atoms with Crippen molar-refractivity contribution in [2.45, 2.75) is 0 Å². The molecule has 1 heterocycles. The maximum absolute atomic E-state index is 13.4. The number of aromatic nitrogens is 2. The van der Waals surface area contributed by atoms with Crippen LogP contribution in [0.1, 0.15) is 0 Å². The third-order valence-corrected chi connectivity index (χ3v) is 3.25. The topological polar surface area (TPSA) is 64.9 Å². The summed E-state index contributed by atoms with van der Waals surface area (Å²) in [4.78, 5) is 4.16. The first-order valence-electron chi connectivity index (χ1n) is 5.88. The van der Waals surface area contributed by atoms with Crippen LogP contribution < -0.4 is 5.73 Å². The van der Waals surface area contributed by atoms with Gasteiger partial charge < -0.3 is 10.3 Å². The molecular formula is C14H8BrF2N3O. The van der Waals surface area contributed by atoms with Gasteiger partial charge in [0.2, 0.25) is 5.82 Å². The molecule has 21 heavy (non-hydrogen) atoms. The monoisotopic (exact) mass is 351 g/mol. The summed E-state index contributed by atoms with van der Waals surface area (Å²) in [6, 6.07) is 8.37. The lowest BCUT2D eigenvalue weighted by Crippen LogP contribution is -1.90. The van der Waals surface area contributed by atoms with Gasteiger partial charge in [0, 0.05) is 15.6 Å². The number of rotatable bonds is 2. The van der Waals surface area contributed by atoms with E-state index in [9.17, 15) is 8.78 Å². The first kappa shape index (κ1) is 13.7. The Bertz CT molecular complexity index is 799. The van der Waals surface area contributed by atoms with Crippen molar-refractivity contribution in [1.82, 2.24) is 10.1 Å². The molecule has 3 aromatic rings. The minimum absolute atomic E-state index is 0.0132. The van der Waals surface area contributed by atoms with Gasteiger partial charge in [0.1, 0.15) is 11.6 Å². The molecule has 0 fully saturated rings. The number of nitrogens with zero attached hydrogens (tertiary/aromatic N) is 2. The Kier molecular flexibility index (Phi) is 3.42. The van der Waals surface area contributed by atoms with Gasteiger partial charge in [-0.25, -0.2) is 8.78 Å². The van der Waals surface area contributed by atoms with Gasteiger partial charge in [-0.05, 0) is 36.4 Å². The predicted molar refractivity (Wildman–Crippen MR) is 77.2 cm³/mol. The molecule has 0 spiro atoms. The molecule has 0 saturated carbocycles. The molecule has 1 aromatic heterocycles. The van der Waals surface area contributed by atoms with E-state index in [-0.39, 0.29) is 17.4 Å². The summed E-state index contributed by atoms with van der Waals surface area (Å²) in [7, 11) is 0. The van der Waals surface area contributed by atoms with Crippen LogP contribution in [0.25, 0.3) is 22.8 Å². The number of nitrogen functional groups attached to an aromatic ring is 1. The van der Waals surface area contributed by atoms with Gasteiger partial charge in [0.15, 0.2) is 0 Å². The highest BCUT2D eigenvalue weighted by molar-refractivity contribution is 9.10. The molecule has 0 aliphatic rings. The summed E-state index contributed by atoms with van der Waals surface area (Å²) in [6.45, 7) is 0. The number of anilines is 1. The molecule has 2 N–H and O–H groups in total. The SMILES string of the molecule is Nc1cc(-c2nc(-c3cc(F)cc(Br)c3)no2)ccc1F. The van der Waals surface area contributed by atoms with E-state index in [0.29, 0.717) is 15.6 Å². The zero-order valence-electron chi connectivity index (χ0n) is 10.5. The lowest BCUT2D eigenvalue weighted by atomic mass is 10.2. The first-order chi connectivity index (χ1) is 10.0. The highest BCUT2D eigenvalue weighted by Crippen LogP contribution is 2.26. The van der Waals surface area contributed by atoms with Gasteiger partial charge in [-0.3, -0.25) is 0 Å². The molecule has 0 atom stereocenters. The lowest BCUT2D eigenvalue weighted by Gasteiger charge is -1.98. The average Bonchev–Trinajstić information content (AvgIpc) is 2.90. The fourth-order valence-corrected chi connectivity index (χ4v) is 2.28. The minimum atomic E-state index is -0.521. The highest BCUT2D eigenvalue weighted by Gasteiger charge is 2.13. The largest absolute Gasteiger partial charge is 0.396 e. The lowest BCUT2D eigenvalue weighted by molar-refractivity contribution is 0.432. The molecular weight excluding hydrogens is 344 g/mol. The first-order valence-corrected chi connectivity index (χ1v) is 6.68. The van der Waals surface area contributed by atoms with E-state index in [1.807, 2.05) is 0 Å². The van der Waals surface area contributed by atoms with Crippen LogP contribution in [0.3, 0.4) is 0 Å². The zero-order chi connectivity index (χ0) is 15.0. The van der Waals surface area contributed by atoms with Gasteiger partial charge in [-0.1, -0.05) is 21.1 Å². The van der Waals surface area contributed by atoms with Gasteiger partial charge in [0.05, 0.1) is 5.69 Å². The van der Waals surface area contributed by atoms with Crippen molar-refractivity contribution in [3.05, 3.63) is 52.5 Å². The second kappa shape index (κ2) is 5.25. The van der Waals surface area contributed by atoms with Crippen LogP contribution in [0.2, 0.25) is 0 Å². The smallest absolute Gasteiger partial charge is 0.258 e. The van der Waals surface area contributed by atoms with E-state index < -0.39 is 11.6 Å². The molecule has 3 rings (SSSR count). The molecule has 106 valence electrons. The quantitative estimate of drug-likeness (QED) is 0.708. The maximum atomic E-state index is 13.4. The fraction of sp³-hybridized carbons (Fsp3) is 0. The molecule has 0 aliphatic heterocycles. The molecule has 0 amide bonds. The van der Waals surface area contributed by atoms with Crippen LogP contribution >= 0.6 is 15.9 Å². The fourth-order valence-electron chi connectivity index (χ4n) is 1.82. The van der Waals surface area contributed by atoms with Gasteiger partial charge in [0.25, 0.3) is 5.89 Å². The average molecular weight is 352 g/mol. The molecule has 0 aliphatic carbocycles. The Labute approximate surface area is 126 Å². The van der Waals surface area contributed by atoms with Crippen LogP contribution in [0, 0.1) is 11.6 Å².